The molecule has 0 saturated heterocycles. The van der Waals surface area contributed by atoms with Crippen molar-refractivity contribution in [2.45, 2.75) is 0 Å². The maximum atomic E-state index is 10.7. The minimum Gasteiger partial charge on any atom is -0.478 e. The maximum absolute atomic E-state index is 10.7. The van der Waals surface area contributed by atoms with Crippen molar-refractivity contribution < 1.29 is 9.90 Å². The van der Waals surface area contributed by atoms with Gasteiger partial charge in [-0.2, -0.15) is 0 Å². The van der Waals surface area contributed by atoms with Gasteiger partial charge in [-0.1, -0.05) is 18.2 Å². The van der Waals surface area contributed by atoms with Gasteiger partial charge >= 0.3 is 5.97 Å². The monoisotopic (exact) mass is 289 g/mol. The van der Waals surface area contributed by atoms with E-state index in [0.29, 0.717) is 16.0 Å². The molecule has 0 spiro atoms. The molecule has 0 aliphatic carbocycles. The van der Waals surface area contributed by atoms with E-state index in [1.807, 2.05) is 0 Å². The maximum Gasteiger partial charge on any atom is 0.336 e. The number of carbonyl (C=O) groups is 1. The summed E-state index contributed by atoms with van der Waals surface area (Å²) in [5, 5.41) is 12.3. The van der Waals surface area contributed by atoms with Crippen LogP contribution >= 0.6 is 27.5 Å². The van der Waals surface area contributed by atoms with Crippen molar-refractivity contribution in [1.29, 1.82) is 0 Å². The van der Waals surface area contributed by atoms with Gasteiger partial charge in [-0.05, 0) is 34.1 Å². The highest BCUT2D eigenvalue weighted by Gasteiger charge is 2.07. The molecule has 2 N–H and O–H groups in total. The zero-order valence-corrected chi connectivity index (χ0v) is 10.1. The quantitative estimate of drug-likeness (QED) is 0.894. The van der Waals surface area contributed by atoms with Crippen LogP contribution in [0.5, 0.6) is 0 Å². The second kappa shape index (κ2) is 5.19. The van der Waals surface area contributed by atoms with E-state index in [0.717, 1.165) is 5.69 Å². The number of halogens is 2. The third-order valence-electron chi connectivity index (χ3n) is 1.68. The molecule has 1 aromatic rings. The van der Waals surface area contributed by atoms with E-state index in [2.05, 4.69) is 27.8 Å². The van der Waals surface area contributed by atoms with Crippen molar-refractivity contribution in [1.82, 2.24) is 0 Å². The van der Waals surface area contributed by atoms with Gasteiger partial charge in [-0.3, -0.25) is 0 Å². The predicted molar refractivity (Wildman–Crippen MR) is 64.6 cm³/mol. The molecule has 0 atom stereocenters. The summed E-state index contributed by atoms with van der Waals surface area (Å²) in [6, 6.07) is 4.88. The number of carboxylic acids is 1. The fourth-order valence-electron chi connectivity index (χ4n) is 0.996. The van der Waals surface area contributed by atoms with Gasteiger partial charge in [0, 0.05) is 15.2 Å². The Morgan fingerprint density at radius 2 is 2.27 bits per heavy atom. The number of aromatic carboxylic acids is 1. The van der Waals surface area contributed by atoms with Gasteiger partial charge in [0.25, 0.3) is 0 Å². The molecule has 0 aliphatic heterocycles. The Labute approximate surface area is 101 Å². The summed E-state index contributed by atoms with van der Waals surface area (Å²) in [6.07, 6.45) is 0. The molecule has 0 bridgehead atoms. The standard InChI is InChI=1S/C10H9BrClNO2/c1-6(12)5-13-7-2-3-8(10(14)15)9(11)4-7/h2-4,13H,1,5H2,(H,14,15). The summed E-state index contributed by atoms with van der Waals surface area (Å²) in [6.45, 7) is 3.98. The smallest absolute Gasteiger partial charge is 0.336 e. The first-order valence-electron chi connectivity index (χ1n) is 4.10. The molecule has 0 heterocycles. The van der Waals surface area contributed by atoms with Gasteiger partial charge in [-0.15, -0.1) is 0 Å². The highest BCUT2D eigenvalue weighted by Crippen LogP contribution is 2.21. The van der Waals surface area contributed by atoms with Crippen LogP contribution in [0.1, 0.15) is 10.4 Å². The molecule has 0 saturated carbocycles. The van der Waals surface area contributed by atoms with E-state index in [-0.39, 0.29) is 5.56 Å². The van der Waals surface area contributed by atoms with Crippen LogP contribution in [-0.2, 0) is 0 Å². The number of nitrogens with one attached hydrogen (secondary N) is 1. The van der Waals surface area contributed by atoms with E-state index in [9.17, 15) is 4.79 Å². The van der Waals surface area contributed by atoms with Crippen LogP contribution in [-0.4, -0.2) is 17.6 Å². The lowest BCUT2D eigenvalue weighted by molar-refractivity contribution is 0.0696. The lowest BCUT2D eigenvalue weighted by atomic mass is 10.2. The van der Waals surface area contributed by atoms with Gasteiger partial charge in [0.05, 0.1) is 12.1 Å². The van der Waals surface area contributed by atoms with E-state index in [1.165, 1.54) is 6.07 Å². The van der Waals surface area contributed by atoms with Crippen LogP contribution in [0.3, 0.4) is 0 Å². The molecule has 0 radical (unpaired) electrons. The minimum atomic E-state index is -0.963. The van der Waals surface area contributed by atoms with Gasteiger partial charge < -0.3 is 10.4 Å². The molecular weight excluding hydrogens is 281 g/mol. The molecule has 0 aliphatic rings. The molecule has 0 aromatic heterocycles. The van der Waals surface area contributed by atoms with Crippen molar-refractivity contribution in [2.75, 3.05) is 11.9 Å². The van der Waals surface area contributed by atoms with Crippen LogP contribution < -0.4 is 5.32 Å². The number of rotatable bonds is 4. The summed E-state index contributed by atoms with van der Waals surface area (Å²) < 4.78 is 0.528. The topological polar surface area (TPSA) is 49.3 Å². The Morgan fingerprint density at radius 3 is 2.73 bits per heavy atom. The van der Waals surface area contributed by atoms with Crippen molar-refractivity contribution in [3.05, 3.63) is 39.8 Å². The summed E-state index contributed by atoms with van der Waals surface area (Å²) in [4.78, 5) is 10.7. The van der Waals surface area contributed by atoms with Crippen molar-refractivity contribution in [3.63, 3.8) is 0 Å². The number of hydrogen-bond acceptors (Lipinski definition) is 2. The molecule has 0 unspecified atom stereocenters. The Bertz CT molecular complexity index is 406. The second-order valence-corrected chi connectivity index (χ2v) is 4.26. The average molecular weight is 291 g/mol. The van der Waals surface area contributed by atoms with Crippen LogP contribution in [0.15, 0.2) is 34.3 Å². The summed E-state index contributed by atoms with van der Waals surface area (Å²) in [7, 11) is 0. The van der Waals surface area contributed by atoms with Crippen LogP contribution in [0.25, 0.3) is 0 Å². The third kappa shape index (κ3) is 3.57. The highest BCUT2D eigenvalue weighted by molar-refractivity contribution is 9.10. The molecule has 5 heteroatoms. The van der Waals surface area contributed by atoms with Gasteiger partial charge in [0.2, 0.25) is 0 Å². The van der Waals surface area contributed by atoms with E-state index in [4.69, 9.17) is 16.7 Å². The third-order valence-corrected chi connectivity index (χ3v) is 2.47. The second-order valence-electron chi connectivity index (χ2n) is 2.87. The zero-order valence-electron chi connectivity index (χ0n) is 7.76. The fraction of sp³-hybridized carbons (Fsp3) is 0.100. The van der Waals surface area contributed by atoms with Crippen LogP contribution in [0.2, 0.25) is 0 Å². The van der Waals surface area contributed by atoms with Crippen molar-refractivity contribution in [2.24, 2.45) is 0 Å². The van der Waals surface area contributed by atoms with E-state index in [1.54, 1.807) is 12.1 Å². The predicted octanol–water partition coefficient (Wildman–Crippen LogP) is 3.31. The Hall–Kier alpha value is -1.00. The Morgan fingerprint density at radius 1 is 1.60 bits per heavy atom. The van der Waals surface area contributed by atoms with Crippen molar-refractivity contribution in [3.8, 4) is 0 Å². The van der Waals surface area contributed by atoms with E-state index < -0.39 is 5.97 Å². The molecule has 1 rings (SSSR count). The molecular formula is C10H9BrClNO2. The van der Waals surface area contributed by atoms with Gasteiger partial charge in [0.1, 0.15) is 0 Å². The summed E-state index contributed by atoms with van der Waals surface area (Å²) >= 11 is 8.76. The fourth-order valence-corrected chi connectivity index (χ4v) is 1.61. The van der Waals surface area contributed by atoms with Crippen molar-refractivity contribution >= 4 is 39.2 Å². The number of anilines is 1. The molecule has 0 amide bonds. The van der Waals surface area contributed by atoms with Gasteiger partial charge in [0.15, 0.2) is 0 Å². The van der Waals surface area contributed by atoms with Crippen LogP contribution in [0, 0.1) is 0 Å². The molecule has 80 valence electrons. The van der Waals surface area contributed by atoms with E-state index >= 15 is 0 Å². The normalized spacial score (nSPS) is 9.73. The lowest BCUT2D eigenvalue weighted by Crippen LogP contribution is -2.02. The number of hydrogen-bond donors (Lipinski definition) is 2. The number of carboxylic acid groups (broad SMARTS) is 1. The largest absolute Gasteiger partial charge is 0.478 e. The van der Waals surface area contributed by atoms with Gasteiger partial charge in [-0.25, -0.2) is 4.79 Å². The molecule has 3 nitrogen and oxygen atoms in total. The summed E-state index contributed by atoms with van der Waals surface area (Å²) in [5.41, 5.74) is 1.01. The number of benzene rings is 1. The Balaban J connectivity index is 2.82. The highest BCUT2D eigenvalue weighted by atomic mass is 79.9. The first kappa shape index (κ1) is 12.1. The molecule has 1 aromatic carbocycles. The first-order valence-corrected chi connectivity index (χ1v) is 5.28. The zero-order chi connectivity index (χ0) is 11.4. The first-order chi connectivity index (χ1) is 7.00. The van der Waals surface area contributed by atoms with Crippen LogP contribution in [0.4, 0.5) is 5.69 Å². The minimum absolute atomic E-state index is 0.227. The molecule has 15 heavy (non-hydrogen) atoms. The lowest BCUT2D eigenvalue weighted by Gasteiger charge is -2.06. The Kier molecular flexibility index (Phi) is 4.17. The SMILES string of the molecule is C=C(Cl)CNc1ccc(C(=O)O)c(Br)c1. The molecule has 0 fully saturated rings. The summed E-state index contributed by atoms with van der Waals surface area (Å²) in [5.74, 6) is -0.963. The average Bonchev–Trinajstić information content (AvgIpc) is 2.14.